The number of hydrogen-bond acceptors (Lipinski definition) is 4. The maximum atomic E-state index is 13.0. The molecule has 3 aromatic rings. The van der Waals surface area contributed by atoms with Crippen LogP contribution in [0.25, 0.3) is 0 Å². The lowest BCUT2D eigenvalue weighted by Crippen LogP contribution is -2.22. The molecule has 0 atom stereocenters. The molecule has 0 fully saturated rings. The van der Waals surface area contributed by atoms with E-state index in [-0.39, 0.29) is 17.6 Å². The van der Waals surface area contributed by atoms with Crippen LogP contribution in [0.3, 0.4) is 0 Å². The van der Waals surface area contributed by atoms with Crippen LogP contribution in [0.15, 0.2) is 52.0 Å². The van der Waals surface area contributed by atoms with Gasteiger partial charge >= 0.3 is 0 Å². The van der Waals surface area contributed by atoms with Crippen LogP contribution in [-0.2, 0) is 6.42 Å². The summed E-state index contributed by atoms with van der Waals surface area (Å²) in [5, 5.41) is 7.86. The molecule has 164 valence electrons. The van der Waals surface area contributed by atoms with Crippen molar-refractivity contribution in [3.8, 4) is 0 Å². The minimum atomic E-state index is -0.342. The summed E-state index contributed by atoms with van der Waals surface area (Å²) in [6, 6.07) is 12.7. The third kappa shape index (κ3) is 4.18. The van der Waals surface area contributed by atoms with Gasteiger partial charge in [0.25, 0.3) is 11.8 Å². The number of aryl methyl sites for hydroxylation is 2. The van der Waals surface area contributed by atoms with E-state index in [1.807, 2.05) is 39.0 Å². The number of carbonyl (C=O) groups is 2. The molecule has 4 rings (SSSR count). The Labute approximate surface area is 191 Å². The van der Waals surface area contributed by atoms with Crippen LogP contribution in [0.2, 0.25) is 5.02 Å². The number of fused-ring (bicyclic) bond motifs is 1. The lowest BCUT2D eigenvalue weighted by Gasteiger charge is -2.13. The zero-order valence-corrected chi connectivity index (χ0v) is 19.0. The zero-order chi connectivity index (χ0) is 22.8. The SMILES string of the molecule is Cc1ccccc1C(=O)N/N=C1\CCCc2oc(C(=O)Nc3cccc(Cl)c3C)c(C)c21. The molecule has 6 nitrogen and oxygen atoms in total. The van der Waals surface area contributed by atoms with Crippen molar-refractivity contribution in [3.05, 3.63) is 86.8 Å². The molecule has 1 aromatic heterocycles. The van der Waals surface area contributed by atoms with Gasteiger partial charge in [-0.3, -0.25) is 9.59 Å². The topological polar surface area (TPSA) is 83.7 Å². The summed E-state index contributed by atoms with van der Waals surface area (Å²) >= 11 is 6.17. The van der Waals surface area contributed by atoms with Gasteiger partial charge < -0.3 is 9.73 Å². The molecule has 0 radical (unpaired) electrons. The summed E-state index contributed by atoms with van der Waals surface area (Å²) in [6.45, 7) is 5.57. The molecule has 32 heavy (non-hydrogen) atoms. The quantitative estimate of drug-likeness (QED) is 0.510. The van der Waals surface area contributed by atoms with E-state index in [0.29, 0.717) is 46.2 Å². The van der Waals surface area contributed by atoms with Gasteiger partial charge in [0.1, 0.15) is 5.76 Å². The highest BCUT2D eigenvalue weighted by Crippen LogP contribution is 2.31. The molecule has 2 N–H and O–H groups in total. The van der Waals surface area contributed by atoms with Gasteiger partial charge in [0, 0.05) is 33.8 Å². The van der Waals surface area contributed by atoms with Crippen molar-refractivity contribution in [3.63, 3.8) is 0 Å². The predicted octanol–water partition coefficient (Wildman–Crippen LogP) is 5.58. The van der Waals surface area contributed by atoms with Crippen LogP contribution in [0.1, 0.15) is 61.8 Å². The molecule has 2 amide bonds. The second-order valence-electron chi connectivity index (χ2n) is 7.89. The average molecular weight is 450 g/mol. The summed E-state index contributed by atoms with van der Waals surface area (Å²) in [7, 11) is 0. The van der Waals surface area contributed by atoms with Gasteiger partial charge in [0.15, 0.2) is 5.76 Å². The second kappa shape index (κ2) is 9.01. The normalized spacial score (nSPS) is 14.2. The third-order valence-corrected chi connectivity index (χ3v) is 6.14. The maximum Gasteiger partial charge on any atom is 0.291 e. The molecule has 7 heteroatoms. The number of nitrogens with zero attached hydrogens (tertiary/aromatic N) is 1. The highest BCUT2D eigenvalue weighted by molar-refractivity contribution is 6.31. The number of hydrazone groups is 1. The van der Waals surface area contributed by atoms with Crippen molar-refractivity contribution in [1.29, 1.82) is 0 Å². The smallest absolute Gasteiger partial charge is 0.291 e. The van der Waals surface area contributed by atoms with Crippen molar-refractivity contribution in [2.24, 2.45) is 5.10 Å². The molecule has 0 aliphatic heterocycles. The number of carbonyl (C=O) groups excluding carboxylic acids is 2. The lowest BCUT2D eigenvalue weighted by molar-refractivity contribution is 0.0953. The van der Waals surface area contributed by atoms with Gasteiger partial charge in [-0.25, -0.2) is 5.43 Å². The van der Waals surface area contributed by atoms with Crippen molar-refractivity contribution < 1.29 is 14.0 Å². The first-order chi connectivity index (χ1) is 15.4. The van der Waals surface area contributed by atoms with Crippen molar-refractivity contribution in [2.75, 3.05) is 5.32 Å². The van der Waals surface area contributed by atoms with Gasteiger partial charge in [-0.15, -0.1) is 0 Å². The van der Waals surface area contributed by atoms with Crippen LogP contribution in [0.4, 0.5) is 5.69 Å². The third-order valence-electron chi connectivity index (χ3n) is 5.73. The summed E-state index contributed by atoms with van der Waals surface area (Å²) in [4.78, 5) is 25.5. The first-order valence-electron chi connectivity index (χ1n) is 10.5. The standard InChI is InChI=1S/C25H24ClN3O3/c1-14-8-4-5-9-17(14)24(30)29-28-20-12-7-13-21-22(20)16(3)23(32-21)25(31)27-19-11-6-10-18(26)15(19)2/h4-6,8-11H,7,12-13H2,1-3H3,(H,27,31)(H,29,30)/b28-20+. The highest BCUT2D eigenvalue weighted by Gasteiger charge is 2.28. The van der Waals surface area contributed by atoms with E-state index < -0.39 is 0 Å². The lowest BCUT2D eigenvalue weighted by atomic mass is 9.93. The number of benzene rings is 2. The number of anilines is 1. The Morgan fingerprint density at radius 1 is 0.969 bits per heavy atom. The number of nitrogens with one attached hydrogen (secondary N) is 2. The van der Waals surface area contributed by atoms with Crippen molar-refractivity contribution in [2.45, 2.75) is 40.0 Å². The van der Waals surface area contributed by atoms with E-state index in [1.54, 1.807) is 24.3 Å². The van der Waals surface area contributed by atoms with Gasteiger partial charge in [-0.2, -0.15) is 5.10 Å². The molecule has 0 unspecified atom stereocenters. The Morgan fingerprint density at radius 2 is 1.75 bits per heavy atom. The Kier molecular flexibility index (Phi) is 6.15. The molecule has 2 aromatic carbocycles. The van der Waals surface area contributed by atoms with Crippen LogP contribution >= 0.6 is 11.6 Å². The molecule has 0 spiro atoms. The molecule has 0 bridgehead atoms. The van der Waals surface area contributed by atoms with E-state index in [9.17, 15) is 9.59 Å². The fourth-order valence-corrected chi connectivity index (χ4v) is 4.10. The Balaban J connectivity index is 1.59. The number of furan rings is 1. The Bertz CT molecular complexity index is 1240. The Hall–Kier alpha value is -3.38. The summed E-state index contributed by atoms with van der Waals surface area (Å²) in [5.74, 6) is 0.351. The summed E-state index contributed by atoms with van der Waals surface area (Å²) < 4.78 is 5.94. The fraction of sp³-hybridized carbons (Fsp3) is 0.240. The van der Waals surface area contributed by atoms with E-state index in [2.05, 4.69) is 15.8 Å². The van der Waals surface area contributed by atoms with Crippen molar-refractivity contribution in [1.82, 2.24) is 5.43 Å². The molecular formula is C25H24ClN3O3. The van der Waals surface area contributed by atoms with Gasteiger partial charge in [0.05, 0.1) is 5.71 Å². The Morgan fingerprint density at radius 3 is 2.53 bits per heavy atom. The fourth-order valence-electron chi connectivity index (χ4n) is 3.92. The first-order valence-corrected chi connectivity index (χ1v) is 10.9. The van der Waals surface area contributed by atoms with E-state index in [0.717, 1.165) is 23.1 Å². The molecule has 1 aliphatic carbocycles. The molecule has 0 saturated heterocycles. The van der Waals surface area contributed by atoms with E-state index in [1.165, 1.54) is 0 Å². The number of amides is 2. The second-order valence-corrected chi connectivity index (χ2v) is 8.30. The molecular weight excluding hydrogens is 426 g/mol. The van der Waals surface area contributed by atoms with E-state index >= 15 is 0 Å². The molecule has 0 saturated carbocycles. The summed E-state index contributed by atoms with van der Waals surface area (Å²) in [6.07, 6.45) is 2.23. The zero-order valence-electron chi connectivity index (χ0n) is 18.2. The van der Waals surface area contributed by atoms with Gasteiger partial charge in [0.2, 0.25) is 0 Å². The minimum Gasteiger partial charge on any atom is -0.455 e. The monoisotopic (exact) mass is 449 g/mol. The number of rotatable bonds is 4. The van der Waals surface area contributed by atoms with Crippen LogP contribution in [-0.4, -0.2) is 17.5 Å². The van der Waals surface area contributed by atoms with Gasteiger partial charge in [-0.1, -0.05) is 35.9 Å². The number of hydrogen-bond donors (Lipinski definition) is 2. The molecule has 1 aliphatic rings. The number of halogens is 1. The van der Waals surface area contributed by atoms with Crippen molar-refractivity contribution >= 4 is 34.8 Å². The average Bonchev–Trinajstić information content (AvgIpc) is 3.13. The largest absolute Gasteiger partial charge is 0.455 e. The molecule has 1 heterocycles. The first kappa shape index (κ1) is 21.8. The maximum absolute atomic E-state index is 13.0. The van der Waals surface area contributed by atoms with Crippen LogP contribution in [0.5, 0.6) is 0 Å². The van der Waals surface area contributed by atoms with Crippen LogP contribution < -0.4 is 10.7 Å². The van der Waals surface area contributed by atoms with Gasteiger partial charge in [-0.05, 0) is 62.9 Å². The van der Waals surface area contributed by atoms with Crippen LogP contribution in [0, 0.1) is 20.8 Å². The van der Waals surface area contributed by atoms with E-state index in [4.69, 9.17) is 16.0 Å². The summed E-state index contributed by atoms with van der Waals surface area (Å²) in [5.41, 5.74) is 7.77. The predicted molar refractivity (Wildman–Crippen MR) is 126 cm³/mol. The highest BCUT2D eigenvalue weighted by atomic mass is 35.5. The minimum absolute atomic E-state index is 0.245.